The van der Waals surface area contributed by atoms with Gasteiger partial charge in [0, 0.05) is 11.7 Å². The molecule has 0 heterocycles. The summed E-state index contributed by atoms with van der Waals surface area (Å²) in [5, 5.41) is 20.1. The number of nitrogens with zero attached hydrogens (tertiary/aromatic N) is 3. The molecule has 0 aromatic heterocycles. The van der Waals surface area contributed by atoms with Gasteiger partial charge in [-0.05, 0) is 32.0 Å². The number of nitriles is 2. The third-order valence-corrected chi connectivity index (χ3v) is 2.37. The number of hydrogen-bond donors (Lipinski definition) is 1. The maximum Gasteiger partial charge on any atom is 0.322 e. The minimum absolute atomic E-state index is 0.0292. The van der Waals surface area contributed by atoms with Crippen LogP contribution in [0.3, 0.4) is 0 Å². The Morgan fingerprint density at radius 2 is 2.17 bits per heavy atom. The predicted molar refractivity (Wildman–Crippen MR) is 67.6 cm³/mol. The maximum atomic E-state index is 11.9. The summed E-state index contributed by atoms with van der Waals surface area (Å²) in [6, 6.07) is 10.2. The van der Waals surface area contributed by atoms with E-state index in [0.29, 0.717) is 11.3 Å². The first kappa shape index (κ1) is 13.5. The molecular formula is C13H14N4O. The minimum atomic E-state index is -0.346. The number of rotatable bonds is 3. The quantitative estimate of drug-likeness (QED) is 0.826. The monoisotopic (exact) mass is 242 g/mol. The summed E-state index contributed by atoms with van der Waals surface area (Å²) in [6.45, 7) is 3.70. The van der Waals surface area contributed by atoms with E-state index < -0.39 is 0 Å². The average Bonchev–Trinajstić information content (AvgIpc) is 2.35. The largest absolute Gasteiger partial charge is 0.322 e. The lowest BCUT2D eigenvalue weighted by Crippen LogP contribution is -2.40. The van der Waals surface area contributed by atoms with Gasteiger partial charge < -0.3 is 10.2 Å². The summed E-state index contributed by atoms with van der Waals surface area (Å²) in [7, 11) is 0. The van der Waals surface area contributed by atoms with Gasteiger partial charge in [-0.25, -0.2) is 4.79 Å². The Morgan fingerprint density at radius 3 is 2.72 bits per heavy atom. The van der Waals surface area contributed by atoms with Crippen LogP contribution in [0.15, 0.2) is 24.3 Å². The van der Waals surface area contributed by atoms with Gasteiger partial charge in [0.2, 0.25) is 0 Å². The SMILES string of the molecule is CC(C)N(CC#N)C(=O)Nc1cccc(C#N)c1. The van der Waals surface area contributed by atoms with Crippen LogP contribution in [0.25, 0.3) is 0 Å². The van der Waals surface area contributed by atoms with E-state index in [-0.39, 0.29) is 18.6 Å². The lowest BCUT2D eigenvalue weighted by Gasteiger charge is -2.24. The van der Waals surface area contributed by atoms with Crippen molar-refractivity contribution in [2.45, 2.75) is 19.9 Å². The van der Waals surface area contributed by atoms with Crippen molar-refractivity contribution in [3.8, 4) is 12.1 Å². The summed E-state index contributed by atoms with van der Waals surface area (Å²) < 4.78 is 0. The minimum Gasteiger partial charge on any atom is -0.309 e. The normalized spacial score (nSPS) is 9.39. The molecule has 0 aliphatic heterocycles. The fourth-order valence-electron chi connectivity index (χ4n) is 1.43. The number of anilines is 1. The molecule has 0 aliphatic rings. The van der Waals surface area contributed by atoms with Gasteiger partial charge in [-0.15, -0.1) is 0 Å². The van der Waals surface area contributed by atoms with E-state index in [2.05, 4.69) is 5.32 Å². The number of benzene rings is 1. The molecule has 1 aromatic carbocycles. The Hall–Kier alpha value is -2.53. The van der Waals surface area contributed by atoms with E-state index in [4.69, 9.17) is 10.5 Å². The molecule has 5 nitrogen and oxygen atoms in total. The highest BCUT2D eigenvalue weighted by Gasteiger charge is 2.16. The molecule has 1 rings (SSSR count). The zero-order valence-corrected chi connectivity index (χ0v) is 10.3. The molecule has 92 valence electrons. The van der Waals surface area contributed by atoms with Gasteiger partial charge in [-0.2, -0.15) is 10.5 Å². The second kappa shape index (κ2) is 6.27. The molecule has 2 amide bonds. The van der Waals surface area contributed by atoms with Gasteiger partial charge in [0.15, 0.2) is 0 Å². The summed E-state index contributed by atoms with van der Waals surface area (Å²) >= 11 is 0. The zero-order valence-electron chi connectivity index (χ0n) is 10.3. The summed E-state index contributed by atoms with van der Waals surface area (Å²) in [4.78, 5) is 13.3. The smallest absolute Gasteiger partial charge is 0.309 e. The molecule has 5 heteroatoms. The van der Waals surface area contributed by atoms with Crippen LogP contribution in [-0.2, 0) is 0 Å². The van der Waals surface area contributed by atoms with E-state index in [1.807, 2.05) is 26.0 Å². The Bertz CT molecular complexity index is 510. The summed E-state index contributed by atoms with van der Waals surface area (Å²) in [5.41, 5.74) is 1.02. The van der Waals surface area contributed by atoms with Crippen LogP contribution < -0.4 is 5.32 Å². The Labute approximate surface area is 106 Å². The number of urea groups is 1. The number of carbonyl (C=O) groups is 1. The molecule has 0 saturated carbocycles. The van der Waals surface area contributed by atoms with E-state index >= 15 is 0 Å². The number of nitrogens with one attached hydrogen (secondary N) is 1. The third-order valence-electron chi connectivity index (χ3n) is 2.37. The van der Waals surface area contributed by atoms with Crippen LogP contribution in [0.4, 0.5) is 10.5 Å². The second-order valence-electron chi connectivity index (χ2n) is 4.00. The highest BCUT2D eigenvalue weighted by Crippen LogP contribution is 2.11. The Morgan fingerprint density at radius 1 is 1.44 bits per heavy atom. The van der Waals surface area contributed by atoms with Gasteiger partial charge in [-0.3, -0.25) is 0 Å². The molecule has 1 aromatic rings. The molecule has 0 radical (unpaired) electrons. The van der Waals surface area contributed by atoms with E-state index in [1.54, 1.807) is 24.3 Å². The molecule has 0 spiro atoms. The summed E-state index contributed by atoms with van der Waals surface area (Å²) in [6.07, 6.45) is 0. The predicted octanol–water partition coefficient (Wildman–Crippen LogP) is 2.32. The van der Waals surface area contributed by atoms with Crippen molar-refractivity contribution in [1.29, 1.82) is 10.5 Å². The second-order valence-corrected chi connectivity index (χ2v) is 4.00. The van der Waals surface area contributed by atoms with E-state index in [1.165, 1.54) is 4.90 Å². The summed E-state index contributed by atoms with van der Waals surface area (Å²) in [5.74, 6) is 0. The fraction of sp³-hybridized carbons (Fsp3) is 0.308. The standard InChI is InChI=1S/C13H14N4O/c1-10(2)17(7-6-14)13(18)16-12-5-3-4-11(8-12)9-15/h3-5,8,10H,7H2,1-2H3,(H,16,18). The van der Waals surface area contributed by atoms with Crippen molar-refractivity contribution >= 4 is 11.7 Å². The molecule has 18 heavy (non-hydrogen) atoms. The third kappa shape index (κ3) is 3.50. The van der Waals surface area contributed by atoms with Gasteiger partial charge in [-0.1, -0.05) is 6.07 Å². The van der Waals surface area contributed by atoms with E-state index in [9.17, 15) is 4.79 Å². The highest BCUT2D eigenvalue weighted by molar-refractivity contribution is 5.89. The van der Waals surface area contributed by atoms with Crippen LogP contribution in [0.5, 0.6) is 0 Å². The molecule has 0 unspecified atom stereocenters. The molecular weight excluding hydrogens is 228 g/mol. The Balaban J connectivity index is 2.80. The first-order chi connectivity index (χ1) is 8.58. The lowest BCUT2D eigenvalue weighted by atomic mass is 10.2. The molecule has 1 N–H and O–H groups in total. The maximum absolute atomic E-state index is 11.9. The zero-order chi connectivity index (χ0) is 13.5. The molecule has 0 saturated heterocycles. The number of amides is 2. The first-order valence-electron chi connectivity index (χ1n) is 5.53. The lowest BCUT2D eigenvalue weighted by molar-refractivity contribution is 0.205. The number of hydrogen-bond acceptors (Lipinski definition) is 3. The van der Waals surface area contributed by atoms with Crippen molar-refractivity contribution < 1.29 is 4.79 Å². The molecule has 0 bridgehead atoms. The molecule has 0 aliphatic carbocycles. The van der Waals surface area contributed by atoms with Crippen LogP contribution in [0.1, 0.15) is 19.4 Å². The van der Waals surface area contributed by atoms with Gasteiger partial charge in [0.05, 0.1) is 17.7 Å². The van der Waals surface area contributed by atoms with Crippen LogP contribution in [0, 0.1) is 22.7 Å². The fourth-order valence-corrected chi connectivity index (χ4v) is 1.43. The topological polar surface area (TPSA) is 79.9 Å². The van der Waals surface area contributed by atoms with Crippen molar-refractivity contribution in [1.82, 2.24) is 4.90 Å². The first-order valence-corrected chi connectivity index (χ1v) is 5.53. The van der Waals surface area contributed by atoms with Crippen molar-refractivity contribution in [3.63, 3.8) is 0 Å². The van der Waals surface area contributed by atoms with Gasteiger partial charge in [0.25, 0.3) is 0 Å². The Kier molecular flexibility index (Phi) is 4.71. The molecule has 0 atom stereocenters. The molecule has 0 fully saturated rings. The van der Waals surface area contributed by atoms with E-state index in [0.717, 1.165) is 0 Å². The highest BCUT2D eigenvalue weighted by atomic mass is 16.2. The average molecular weight is 242 g/mol. The van der Waals surface area contributed by atoms with Crippen LogP contribution in [0.2, 0.25) is 0 Å². The van der Waals surface area contributed by atoms with Crippen molar-refractivity contribution in [2.24, 2.45) is 0 Å². The van der Waals surface area contributed by atoms with Crippen LogP contribution >= 0.6 is 0 Å². The van der Waals surface area contributed by atoms with Crippen molar-refractivity contribution in [3.05, 3.63) is 29.8 Å². The van der Waals surface area contributed by atoms with Gasteiger partial charge >= 0.3 is 6.03 Å². The van der Waals surface area contributed by atoms with Gasteiger partial charge in [0.1, 0.15) is 6.54 Å². The van der Waals surface area contributed by atoms with Crippen molar-refractivity contribution in [2.75, 3.05) is 11.9 Å². The van der Waals surface area contributed by atoms with Crippen LogP contribution in [-0.4, -0.2) is 23.5 Å². The number of carbonyl (C=O) groups excluding carboxylic acids is 1.